The monoisotopic (exact) mass is 574 g/mol. The van der Waals surface area contributed by atoms with E-state index >= 15 is 0 Å². The van der Waals surface area contributed by atoms with Crippen molar-refractivity contribution >= 4 is 35.5 Å². The van der Waals surface area contributed by atoms with Gasteiger partial charge in [-0.2, -0.15) is 5.26 Å². The molecule has 3 rings (SSSR count). The molecule has 0 saturated carbocycles. The van der Waals surface area contributed by atoms with Crippen LogP contribution in [0.2, 0.25) is 0 Å². The highest BCUT2D eigenvalue weighted by Gasteiger charge is 2.30. The molecule has 0 fully saturated rings. The van der Waals surface area contributed by atoms with E-state index in [1.165, 1.54) is 0 Å². The number of aromatic nitrogens is 1. The highest BCUT2D eigenvalue weighted by Crippen LogP contribution is 2.34. The van der Waals surface area contributed by atoms with Crippen LogP contribution in [0.1, 0.15) is 31.4 Å². The van der Waals surface area contributed by atoms with Gasteiger partial charge in [0.15, 0.2) is 0 Å². The average molecular weight is 575 g/mol. The van der Waals surface area contributed by atoms with Crippen molar-refractivity contribution in [1.29, 1.82) is 5.26 Å². The lowest BCUT2D eigenvalue weighted by atomic mass is 9.98. The summed E-state index contributed by atoms with van der Waals surface area (Å²) in [6.07, 6.45) is -0.806. The fourth-order valence-corrected chi connectivity index (χ4v) is 4.79. The molecule has 0 aliphatic rings. The van der Waals surface area contributed by atoms with E-state index in [2.05, 4.69) is 21.7 Å². The molecule has 2 atom stereocenters. The first-order chi connectivity index (χ1) is 19.5. The summed E-state index contributed by atoms with van der Waals surface area (Å²) >= 11 is 1.04. The SMILES string of the molecule is Cc1ccc(-c2cc(-c3ccccc3)nc(SCC(=O)N[C@H](C(=O)N[C@@H](CC(=O)O)C(=O)O)C(C)C)c2C#N)cc1. The average Bonchev–Trinajstić information content (AvgIpc) is 2.94. The molecule has 2 amide bonds. The van der Waals surface area contributed by atoms with Crippen LogP contribution in [-0.2, 0) is 19.2 Å². The van der Waals surface area contributed by atoms with Crippen LogP contribution in [0.5, 0.6) is 0 Å². The second-order valence-electron chi connectivity index (χ2n) is 9.65. The van der Waals surface area contributed by atoms with Gasteiger partial charge in [0.25, 0.3) is 0 Å². The number of hydrogen-bond acceptors (Lipinski definition) is 7. The van der Waals surface area contributed by atoms with Crippen molar-refractivity contribution in [2.75, 3.05) is 5.75 Å². The second-order valence-corrected chi connectivity index (χ2v) is 10.6. The van der Waals surface area contributed by atoms with Crippen LogP contribution in [0.25, 0.3) is 22.4 Å². The minimum Gasteiger partial charge on any atom is -0.481 e. The van der Waals surface area contributed by atoms with Gasteiger partial charge in [0.1, 0.15) is 23.2 Å². The molecule has 0 radical (unpaired) electrons. The largest absolute Gasteiger partial charge is 0.481 e. The van der Waals surface area contributed by atoms with Gasteiger partial charge in [-0.15, -0.1) is 0 Å². The summed E-state index contributed by atoms with van der Waals surface area (Å²) in [5.41, 5.74) is 4.33. The number of hydrogen-bond donors (Lipinski definition) is 4. The molecule has 0 bridgehead atoms. The van der Waals surface area contributed by atoms with Crippen LogP contribution in [0.3, 0.4) is 0 Å². The Balaban J connectivity index is 1.86. The van der Waals surface area contributed by atoms with E-state index in [0.717, 1.165) is 28.5 Å². The van der Waals surface area contributed by atoms with Gasteiger partial charge in [0.2, 0.25) is 11.8 Å². The number of aliphatic carboxylic acids is 2. The van der Waals surface area contributed by atoms with Crippen LogP contribution in [0, 0.1) is 24.2 Å². The smallest absolute Gasteiger partial charge is 0.326 e. The fourth-order valence-electron chi connectivity index (χ4n) is 3.97. The van der Waals surface area contributed by atoms with E-state index in [-0.39, 0.29) is 5.75 Å². The zero-order valence-corrected chi connectivity index (χ0v) is 23.6. The lowest BCUT2D eigenvalue weighted by Crippen LogP contribution is -2.54. The summed E-state index contributed by atoms with van der Waals surface area (Å²) in [5.74, 6) is -4.84. The van der Waals surface area contributed by atoms with Crippen LogP contribution in [-0.4, -0.2) is 56.8 Å². The first kappa shape index (κ1) is 30.8. The summed E-state index contributed by atoms with van der Waals surface area (Å²) in [4.78, 5) is 52.8. The van der Waals surface area contributed by atoms with E-state index in [4.69, 9.17) is 5.11 Å². The third-order valence-electron chi connectivity index (χ3n) is 6.13. The Kier molecular flexibility index (Phi) is 10.6. The molecule has 0 aliphatic heterocycles. The van der Waals surface area contributed by atoms with Gasteiger partial charge < -0.3 is 20.8 Å². The Morgan fingerprint density at radius 1 is 0.976 bits per heavy atom. The molecule has 41 heavy (non-hydrogen) atoms. The molecule has 0 aliphatic carbocycles. The number of carbonyl (C=O) groups excluding carboxylic acids is 2. The quantitative estimate of drug-likeness (QED) is 0.235. The molecule has 10 nitrogen and oxygen atoms in total. The minimum absolute atomic E-state index is 0.179. The van der Waals surface area contributed by atoms with Crippen LogP contribution in [0.15, 0.2) is 65.7 Å². The van der Waals surface area contributed by atoms with E-state index < -0.39 is 48.2 Å². The van der Waals surface area contributed by atoms with Gasteiger partial charge in [-0.1, -0.05) is 85.8 Å². The lowest BCUT2D eigenvalue weighted by Gasteiger charge is -2.23. The van der Waals surface area contributed by atoms with Crippen LogP contribution in [0.4, 0.5) is 0 Å². The second kappa shape index (κ2) is 14.1. The van der Waals surface area contributed by atoms with E-state index in [0.29, 0.717) is 21.8 Å². The van der Waals surface area contributed by atoms with Gasteiger partial charge in [0.05, 0.1) is 23.4 Å². The molecule has 2 aromatic carbocycles. The summed E-state index contributed by atoms with van der Waals surface area (Å²) in [5, 5.41) is 33.4. The summed E-state index contributed by atoms with van der Waals surface area (Å²) in [6, 6.07) is 18.5. The number of carboxylic acids is 2. The maximum absolute atomic E-state index is 12.9. The summed E-state index contributed by atoms with van der Waals surface area (Å²) in [7, 11) is 0. The molecule has 4 N–H and O–H groups in total. The Morgan fingerprint density at radius 2 is 1.63 bits per heavy atom. The number of nitriles is 1. The van der Waals surface area contributed by atoms with E-state index in [1.807, 2.05) is 67.6 Å². The van der Waals surface area contributed by atoms with Crippen molar-refractivity contribution in [3.8, 4) is 28.5 Å². The van der Waals surface area contributed by atoms with Gasteiger partial charge >= 0.3 is 11.9 Å². The van der Waals surface area contributed by atoms with Crippen molar-refractivity contribution in [3.63, 3.8) is 0 Å². The maximum Gasteiger partial charge on any atom is 0.326 e. The Morgan fingerprint density at radius 3 is 2.20 bits per heavy atom. The minimum atomic E-state index is -1.64. The highest BCUT2D eigenvalue weighted by atomic mass is 32.2. The Hall–Kier alpha value is -4.69. The van der Waals surface area contributed by atoms with Crippen molar-refractivity contribution in [2.24, 2.45) is 5.92 Å². The fraction of sp³-hybridized carbons (Fsp3) is 0.267. The normalized spacial score (nSPS) is 12.2. The van der Waals surface area contributed by atoms with Gasteiger partial charge in [-0.05, 0) is 24.5 Å². The molecule has 1 aromatic heterocycles. The first-order valence-electron chi connectivity index (χ1n) is 12.7. The number of carboxylic acid groups (broad SMARTS) is 2. The predicted molar refractivity (Wildman–Crippen MR) is 154 cm³/mol. The molecule has 3 aromatic rings. The van der Waals surface area contributed by atoms with Crippen LogP contribution >= 0.6 is 11.8 Å². The number of carbonyl (C=O) groups is 4. The van der Waals surface area contributed by atoms with Crippen molar-refractivity contribution in [2.45, 2.75) is 44.3 Å². The molecule has 0 spiro atoms. The predicted octanol–water partition coefficient (Wildman–Crippen LogP) is 3.87. The Labute approximate surface area is 241 Å². The number of nitrogens with zero attached hydrogens (tertiary/aromatic N) is 2. The molecule has 212 valence electrons. The standard InChI is InChI=1S/C30H30N4O6S/c1-17(2)27(28(38)32-24(30(39)40)14-26(36)37)34-25(35)16-41-29-22(15-31)21(19-11-9-18(3)10-12-19)13-23(33-29)20-7-5-4-6-8-20/h4-13,17,24,27H,14,16H2,1-3H3,(H,32,38)(H,34,35)(H,36,37)(H,39,40)/t24-,27-/m0/s1. The highest BCUT2D eigenvalue weighted by molar-refractivity contribution is 8.00. The molecular weight excluding hydrogens is 544 g/mol. The number of pyridine rings is 1. The number of benzene rings is 2. The zero-order chi connectivity index (χ0) is 30.1. The van der Waals surface area contributed by atoms with Gasteiger partial charge in [-0.3, -0.25) is 14.4 Å². The van der Waals surface area contributed by atoms with Crippen molar-refractivity contribution in [1.82, 2.24) is 15.6 Å². The summed E-state index contributed by atoms with van der Waals surface area (Å²) in [6.45, 7) is 5.30. The maximum atomic E-state index is 12.9. The van der Waals surface area contributed by atoms with Crippen LogP contribution < -0.4 is 10.6 Å². The molecule has 1 heterocycles. The number of rotatable bonds is 12. The number of nitrogens with one attached hydrogen (secondary N) is 2. The van der Waals surface area contributed by atoms with E-state index in [1.54, 1.807) is 13.8 Å². The first-order valence-corrected chi connectivity index (χ1v) is 13.7. The molecule has 0 unspecified atom stereocenters. The topological polar surface area (TPSA) is 169 Å². The lowest BCUT2D eigenvalue weighted by molar-refractivity contribution is -0.147. The molecule has 11 heteroatoms. The van der Waals surface area contributed by atoms with Crippen molar-refractivity contribution < 1.29 is 29.4 Å². The number of aryl methyl sites for hydroxylation is 1. The van der Waals surface area contributed by atoms with Gasteiger partial charge in [-0.25, -0.2) is 9.78 Å². The summed E-state index contributed by atoms with van der Waals surface area (Å²) < 4.78 is 0. The molecular formula is C30H30N4O6S. The number of thioether (sulfide) groups is 1. The van der Waals surface area contributed by atoms with Crippen molar-refractivity contribution in [3.05, 3.63) is 71.8 Å². The number of amides is 2. The zero-order valence-electron chi connectivity index (χ0n) is 22.7. The third-order valence-corrected chi connectivity index (χ3v) is 7.10. The Bertz CT molecular complexity index is 1470. The van der Waals surface area contributed by atoms with E-state index in [9.17, 15) is 29.5 Å². The third kappa shape index (κ3) is 8.40. The molecule has 0 saturated heterocycles. The van der Waals surface area contributed by atoms with Gasteiger partial charge in [0, 0.05) is 11.1 Å².